The van der Waals surface area contributed by atoms with E-state index in [2.05, 4.69) is 15.9 Å². The number of aromatic nitrogens is 1. The molecule has 0 atom stereocenters. The van der Waals surface area contributed by atoms with Crippen molar-refractivity contribution in [2.24, 2.45) is 0 Å². The summed E-state index contributed by atoms with van der Waals surface area (Å²) in [7, 11) is 0. The van der Waals surface area contributed by atoms with E-state index in [1.165, 1.54) is 0 Å². The highest BCUT2D eigenvalue weighted by Gasteiger charge is 2.11. The fourth-order valence-corrected chi connectivity index (χ4v) is 2.20. The van der Waals surface area contributed by atoms with Crippen molar-refractivity contribution in [1.29, 1.82) is 5.26 Å². The summed E-state index contributed by atoms with van der Waals surface area (Å²) >= 11 is 3.36. The Morgan fingerprint density at radius 1 is 1.22 bits per heavy atom. The van der Waals surface area contributed by atoms with Crippen LogP contribution in [-0.2, 0) is 0 Å². The minimum atomic E-state index is -0.266. The van der Waals surface area contributed by atoms with Gasteiger partial charge >= 0.3 is 0 Å². The monoisotopic (exact) mass is 302 g/mol. The molecule has 0 fully saturated rings. The maximum Gasteiger partial charge on any atom is 0.273 e. The summed E-state index contributed by atoms with van der Waals surface area (Å²) in [5.41, 5.74) is 2.23. The number of hydrogen-bond acceptors (Lipinski definition) is 2. The number of benzene rings is 1. The quantitative estimate of drug-likeness (QED) is 0.812. The molecular formula is C14H11BrN2O. The fourth-order valence-electron chi connectivity index (χ4n) is 1.94. The third kappa shape index (κ3) is 2.09. The molecule has 0 aliphatic rings. The molecule has 0 aliphatic carbocycles. The third-order valence-electron chi connectivity index (χ3n) is 2.79. The summed E-state index contributed by atoms with van der Waals surface area (Å²) in [5, 5.41) is 9.03. The molecule has 90 valence electrons. The molecule has 2 rings (SSSR count). The smallest absolute Gasteiger partial charge is 0.273 e. The van der Waals surface area contributed by atoms with Crippen molar-refractivity contribution in [3.63, 3.8) is 0 Å². The summed E-state index contributed by atoms with van der Waals surface area (Å²) in [6, 6.07) is 11.2. The second kappa shape index (κ2) is 4.79. The number of halogens is 1. The Morgan fingerprint density at radius 3 is 2.39 bits per heavy atom. The van der Waals surface area contributed by atoms with Gasteiger partial charge in [-0.05, 0) is 49.7 Å². The van der Waals surface area contributed by atoms with E-state index in [1.807, 2.05) is 43.3 Å². The van der Waals surface area contributed by atoms with Gasteiger partial charge in [-0.3, -0.25) is 9.36 Å². The predicted octanol–water partition coefficient (Wildman–Crippen LogP) is 3.09. The summed E-state index contributed by atoms with van der Waals surface area (Å²) in [5.74, 6) is 0. The van der Waals surface area contributed by atoms with Crippen LogP contribution in [0.15, 0.2) is 39.6 Å². The maximum atomic E-state index is 12.3. The van der Waals surface area contributed by atoms with E-state index < -0.39 is 0 Å². The second-order valence-electron chi connectivity index (χ2n) is 4.07. The molecule has 1 heterocycles. The lowest BCUT2D eigenvalue weighted by molar-refractivity contribution is 0.920. The van der Waals surface area contributed by atoms with E-state index in [1.54, 1.807) is 11.5 Å². The van der Waals surface area contributed by atoms with Crippen LogP contribution in [0.3, 0.4) is 0 Å². The number of nitriles is 1. The van der Waals surface area contributed by atoms with Crippen LogP contribution in [0.2, 0.25) is 0 Å². The minimum Gasteiger partial charge on any atom is -0.280 e. The number of rotatable bonds is 1. The minimum absolute atomic E-state index is 0.198. The molecule has 0 saturated carbocycles. The average molecular weight is 303 g/mol. The van der Waals surface area contributed by atoms with Gasteiger partial charge in [-0.25, -0.2) is 0 Å². The van der Waals surface area contributed by atoms with Crippen LogP contribution < -0.4 is 5.56 Å². The zero-order chi connectivity index (χ0) is 13.3. The van der Waals surface area contributed by atoms with Gasteiger partial charge in [-0.2, -0.15) is 5.26 Å². The zero-order valence-electron chi connectivity index (χ0n) is 10.1. The SMILES string of the molecule is Cc1cc(C)n(-c2ccc(Br)cc2)c(=O)c1C#N. The molecule has 0 amide bonds. The number of nitrogens with zero attached hydrogens (tertiary/aromatic N) is 2. The molecule has 4 heteroatoms. The lowest BCUT2D eigenvalue weighted by Gasteiger charge is -2.11. The summed E-state index contributed by atoms with van der Waals surface area (Å²) in [4.78, 5) is 12.3. The molecule has 0 saturated heterocycles. The first kappa shape index (κ1) is 12.6. The molecule has 0 aliphatic heterocycles. The van der Waals surface area contributed by atoms with Crippen LogP contribution in [0.4, 0.5) is 0 Å². The fraction of sp³-hybridized carbons (Fsp3) is 0.143. The van der Waals surface area contributed by atoms with Gasteiger partial charge in [0.25, 0.3) is 5.56 Å². The second-order valence-corrected chi connectivity index (χ2v) is 4.99. The highest BCUT2D eigenvalue weighted by Crippen LogP contribution is 2.15. The first-order valence-electron chi connectivity index (χ1n) is 5.44. The predicted molar refractivity (Wildman–Crippen MR) is 73.9 cm³/mol. The van der Waals surface area contributed by atoms with E-state index in [4.69, 9.17) is 5.26 Å². The number of pyridine rings is 1. The third-order valence-corrected chi connectivity index (χ3v) is 3.31. The summed E-state index contributed by atoms with van der Waals surface area (Å²) < 4.78 is 2.50. The Kier molecular flexibility index (Phi) is 3.35. The van der Waals surface area contributed by atoms with Crippen LogP contribution in [0.25, 0.3) is 5.69 Å². The molecule has 1 aromatic heterocycles. The molecule has 0 spiro atoms. The van der Waals surface area contributed by atoms with Crippen molar-refractivity contribution in [2.45, 2.75) is 13.8 Å². The van der Waals surface area contributed by atoms with E-state index >= 15 is 0 Å². The van der Waals surface area contributed by atoms with E-state index in [9.17, 15) is 4.79 Å². The van der Waals surface area contributed by atoms with Crippen LogP contribution in [-0.4, -0.2) is 4.57 Å². The molecular weight excluding hydrogens is 292 g/mol. The van der Waals surface area contributed by atoms with Crippen LogP contribution in [0.1, 0.15) is 16.8 Å². The largest absolute Gasteiger partial charge is 0.280 e. The van der Waals surface area contributed by atoms with Crippen LogP contribution in [0.5, 0.6) is 0 Å². The van der Waals surface area contributed by atoms with Gasteiger partial charge in [-0.1, -0.05) is 15.9 Å². The zero-order valence-corrected chi connectivity index (χ0v) is 11.7. The van der Waals surface area contributed by atoms with Crippen molar-refractivity contribution in [1.82, 2.24) is 4.57 Å². The molecule has 0 N–H and O–H groups in total. The molecule has 2 aromatic rings. The van der Waals surface area contributed by atoms with Crippen molar-refractivity contribution in [3.8, 4) is 11.8 Å². The van der Waals surface area contributed by atoms with Gasteiger partial charge in [0.15, 0.2) is 0 Å². The highest BCUT2D eigenvalue weighted by atomic mass is 79.9. The summed E-state index contributed by atoms with van der Waals surface area (Å²) in [6.45, 7) is 3.64. The Balaban J connectivity index is 2.77. The van der Waals surface area contributed by atoms with Gasteiger partial charge in [0, 0.05) is 15.9 Å². The Bertz CT molecular complexity index is 693. The van der Waals surface area contributed by atoms with Crippen LogP contribution >= 0.6 is 15.9 Å². The van der Waals surface area contributed by atoms with Gasteiger partial charge in [0.05, 0.1) is 0 Å². The molecule has 3 nitrogen and oxygen atoms in total. The molecule has 18 heavy (non-hydrogen) atoms. The van der Waals surface area contributed by atoms with Crippen molar-refractivity contribution >= 4 is 15.9 Å². The van der Waals surface area contributed by atoms with E-state index in [0.29, 0.717) is 5.56 Å². The standard InChI is InChI=1S/C14H11BrN2O/c1-9-7-10(2)17(14(18)13(9)8-16)12-5-3-11(15)4-6-12/h3-7H,1-2H3. The molecule has 0 radical (unpaired) electrons. The van der Waals surface area contributed by atoms with E-state index in [-0.39, 0.29) is 11.1 Å². The van der Waals surface area contributed by atoms with Gasteiger partial charge in [0.1, 0.15) is 11.6 Å². The Hall–Kier alpha value is -1.86. The van der Waals surface area contributed by atoms with Gasteiger partial charge in [0.2, 0.25) is 0 Å². The molecule has 0 bridgehead atoms. The number of aryl methyl sites for hydroxylation is 2. The highest BCUT2D eigenvalue weighted by molar-refractivity contribution is 9.10. The van der Waals surface area contributed by atoms with Gasteiger partial charge in [-0.15, -0.1) is 0 Å². The Morgan fingerprint density at radius 2 is 1.83 bits per heavy atom. The Labute approximate surface area is 113 Å². The maximum absolute atomic E-state index is 12.3. The summed E-state index contributed by atoms with van der Waals surface area (Å²) in [6.07, 6.45) is 0. The topological polar surface area (TPSA) is 45.8 Å². The lowest BCUT2D eigenvalue weighted by atomic mass is 10.1. The van der Waals surface area contributed by atoms with Crippen molar-refractivity contribution in [2.75, 3.05) is 0 Å². The van der Waals surface area contributed by atoms with Crippen molar-refractivity contribution < 1.29 is 0 Å². The van der Waals surface area contributed by atoms with E-state index in [0.717, 1.165) is 15.9 Å². The first-order valence-corrected chi connectivity index (χ1v) is 6.23. The lowest BCUT2D eigenvalue weighted by Crippen LogP contribution is -2.24. The average Bonchev–Trinajstić information content (AvgIpc) is 2.31. The normalized spacial score (nSPS) is 10.1. The van der Waals surface area contributed by atoms with Crippen LogP contribution in [0, 0.1) is 25.2 Å². The van der Waals surface area contributed by atoms with Gasteiger partial charge < -0.3 is 0 Å². The van der Waals surface area contributed by atoms with Crippen molar-refractivity contribution in [3.05, 3.63) is 62.0 Å². The molecule has 0 unspecified atom stereocenters. The first-order chi connectivity index (χ1) is 8.54. The number of hydrogen-bond donors (Lipinski definition) is 0. The molecule has 1 aromatic carbocycles.